The molecule has 1 aliphatic rings. The lowest BCUT2D eigenvalue weighted by Crippen LogP contribution is -2.38. The van der Waals surface area contributed by atoms with Crippen molar-refractivity contribution < 1.29 is 4.79 Å². The van der Waals surface area contributed by atoms with Gasteiger partial charge in [-0.05, 0) is 18.6 Å². The number of carbonyl (C=O) groups excluding carboxylic acids is 1. The maximum Gasteiger partial charge on any atom is 0.254 e. The number of aromatic nitrogens is 1. The standard InChI is InChI=1S/C12H18N4OS/c1-2-10-7-9(8-11(14-10)15-13)12(17)16-3-5-18-6-4-16/h7-8H,2-6,13H2,1H3,(H,14,15). The number of rotatable bonds is 3. The van der Waals surface area contributed by atoms with E-state index in [1.54, 1.807) is 6.07 Å². The average molecular weight is 266 g/mol. The van der Waals surface area contributed by atoms with E-state index in [4.69, 9.17) is 5.84 Å². The third-order valence-corrected chi connectivity index (χ3v) is 3.88. The van der Waals surface area contributed by atoms with E-state index in [-0.39, 0.29) is 5.91 Å². The molecule has 0 aliphatic carbocycles. The molecule has 2 rings (SSSR count). The van der Waals surface area contributed by atoms with Crippen LogP contribution in [-0.2, 0) is 6.42 Å². The molecule has 0 saturated carbocycles. The van der Waals surface area contributed by atoms with Crippen molar-refractivity contribution in [1.82, 2.24) is 9.88 Å². The largest absolute Gasteiger partial charge is 0.337 e. The van der Waals surface area contributed by atoms with Gasteiger partial charge in [0, 0.05) is 35.9 Å². The zero-order chi connectivity index (χ0) is 13.0. The van der Waals surface area contributed by atoms with Crippen molar-refractivity contribution in [1.29, 1.82) is 0 Å². The van der Waals surface area contributed by atoms with Gasteiger partial charge in [-0.2, -0.15) is 11.8 Å². The first-order chi connectivity index (χ1) is 8.74. The van der Waals surface area contributed by atoms with Crippen molar-refractivity contribution >= 4 is 23.5 Å². The van der Waals surface area contributed by atoms with Crippen molar-refractivity contribution in [2.24, 2.45) is 5.84 Å². The first kappa shape index (κ1) is 13.2. The first-order valence-electron chi connectivity index (χ1n) is 6.09. The maximum atomic E-state index is 12.4. The molecule has 5 nitrogen and oxygen atoms in total. The average Bonchev–Trinajstić information content (AvgIpc) is 2.46. The number of hydrazine groups is 1. The van der Waals surface area contributed by atoms with E-state index in [1.807, 2.05) is 29.7 Å². The van der Waals surface area contributed by atoms with Gasteiger partial charge in [-0.3, -0.25) is 4.79 Å². The second-order valence-corrected chi connectivity index (χ2v) is 5.36. The van der Waals surface area contributed by atoms with Crippen molar-refractivity contribution in [3.05, 3.63) is 23.4 Å². The van der Waals surface area contributed by atoms with Gasteiger partial charge in [0.1, 0.15) is 5.82 Å². The number of pyridine rings is 1. The van der Waals surface area contributed by atoms with Crippen LogP contribution in [0.5, 0.6) is 0 Å². The van der Waals surface area contributed by atoms with Crippen LogP contribution in [0.1, 0.15) is 23.0 Å². The summed E-state index contributed by atoms with van der Waals surface area (Å²) in [6, 6.07) is 3.56. The predicted molar refractivity (Wildman–Crippen MR) is 74.7 cm³/mol. The minimum atomic E-state index is 0.0731. The summed E-state index contributed by atoms with van der Waals surface area (Å²) >= 11 is 1.89. The highest BCUT2D eigenvalue weighted by atomic mass is 32.2. The van der Waals surface area contributed by atoms with Gasteiger partial charge in [0.15, 0.2) is 0 Å². The number of hydrogen-bond acceptors (Lipinski definition) is 5. The lowest BCUT2D eigenvalue weighted by molar-refractivity contribution is 0.0772. The van der Waals surface area contributed by atoms with E-state index >= 15 is 0 Å². The van der Waals surface area contributed by atoms with Crippen LogP contribution >= 0.6 is 11.8 Å². The Balaban J connectivity index is 2.22. The summed E-state index contributed by atoms with van der Waals surface area (Å²) in [4.78, 5) is 18.5. The molecule has 6 heteroatoms. The van der Waals surface area contributed by atoms with E-state index in [9.17, 15) is 4.79 Å². The number of nitrogens with zero attached hydrogens (tertiary/aromatic N) is 2. The van der Waals surface area contributed by atoms with Crippen molar-refractivity contribution in [3.8, 4) is 0 Å². The monoisotopic (exact) mass is 266 g/mol. The van der Waals surface area contributed by atoms with Gasteiger partial charge >= 0.3 is 0 Å². The number of aryl methyl sites for hydroxylation is 1. The fourth-order valence-electron chi connectivity index (χ4n) is 1.92. The van der Waals surface area contributed by atoms with E-state index in [0.717, 1.165) is 36.7 Å². The number of carbonyl (C=O) groups is 1. The molecular formula is C12H18N4OS. The molecule has 1 fully saturated rings. The van der Waals surface area contributed by atoms with Crippen LogP contribution in [-0.4, -0.2) is 40.4 Å². The van der Waals surface area contributed by atoms with Gasteiger partial charge in [0.2, 0.25) is 0 Å². The summed E-state index contributed by atoms with van der Waals surface area (Å²) in [7, 11) is 0. The third-order valence-electron chi connectivity index (χ3n) is 2.93. The summed E-state index contributed by atoms with van der Waals surface area (Å²) in [5, 5.41) is 0. The lowest BCUT2D eigenvalue weighted by Gasteiger charge is -2.26. The van der Waals surface area contributed by atoms with Gasteiger partial charge in [0.25, 0.3) is 5.91 Å². The molecule has 1 amide bonds. The van der Waals surface area contributed by atoms with Crippen molar-refractivity contribution in [2.45, 2.75) is 13.3 Å². The lowest BCUT2D eigenvalue weighted by atomic mass is 10.1. The number of nitrogen functional groups attached to an aromatic ring is 1. The Kier molecular flexibility index (Phi) is 4.43. The number of amides is 1. The molecule has 0 aromatic carbocycles. The second-order valence-electron chi connectivity index (χ2n) is 4.13. The van der Waals surface area contributed by atoms with Gasteiger partial charge < -0.3 is 10.3 Å². The Morgan fingerprint density at radius 2 is 2.22 bits per heavy atom. The highest BCUT2D eigenvalue weighted by Gasteiger charge is 2.19. The van der Waals surface area contributed by atoms with Gasteiger partial charge in [-0.15, -0.1) is 0 Å². The number of nitrogens with two attached hydrogens (primary N) is 1. The fourth-order valence-corrected chi connectivity index (χ4v) is 2.82. The minimum Gasteiger partial charge on any atom is -0.337 e. The molecule has 98 valence electrons. The Morgan fingerprint density at radius 1 is 1.50 bits per heavy atom. The molecule has 3 N–H and O–H groups in total. The molecule has 1 saturated heterocycles. The van der Waals surface area contributed by atoms with E-state index in [0.29, 0.717) is 11.4 Å². The SMILES string of the molecule is CCc1cc(C(=O)N2CCSCC2)cc(NN)n1. The highest BCUT2D eigenvalue weighted by molar-refractivity contribution is 7.99. The van der Waals surface area contributed by atoms with Crippen molar-refractivity contribution in [3.63, 3.8) is 0 Å². The molecule has 0 spiro atoms. The fraction of sp³-hybridized carbons (Fsp3) is 0.500. The van der Waals surface area contributed by atoms with Crippen LogP contribution in [0.25, 0.3) is 0 Å². The molecule has 1 aliphatic heterocycles. The maximum absolute atomic E-state index is 12.4. The Bertz CT molecular complexity index is 410. The predicted octanol–water partition coefficient (Wildman–Crippen LogP) is 1.12. The molecule has 1 aromatic heterocycles. The topological polar surface area (TPSA) is 71.2 Å². The molecule has 0 bridgehead atoms. The van der Waals surface area contributed by atoms with Crippen LogP contribution in [0, 0.1) is 0 Å². The van der Waals surface area contributed by atoms with Crippen LogP contribution in [0.4, 0.5) is 5.82 Å². The minimum absolute atomic E-state index is 0.0731. The van der Waals surface area contributed by atoms with E-state index in [2.05, 4.69) is 10.4 Å². The molecule has 0 radical (unpaired) electrons. The van der Waals surface area contributed by atoms with E-state index in [1.165, 1.54) is 0 Å². The molecule has 2 heterocycles. The summed E-state index contributed by atoms with van der Waals surface area (Å²) < 4.78 is 0. The number of nitrogens with one attached hydrogen (secondary N) is 1. The van der Waals surface area contributed by atoms with Gasteiger partial charge in [-0.25, -0.2) is 10.8 Å². The van der Waals surface area contributed by atoms with Gasteiger partial charge in [-0.1, -0.05) is 6.92 Å². The zero-order valence-electron chi connectivity index (χ0n) is 10.5. The Hall–Kier alpha value is -1.27. The van der Waals surface area contributed by atoms with Crippen LogP contribution in [0.15, 0.2) is 12.1 Å². The summed E-state index contributed by atoms with van der Waals surface area (Å²) in [6.07, 6.45) is 0.783. The highest BCUT2D eigenvalue weighted by Crippen LogP contribution is 2.16. The summed E-state index contributed by atoms with van der Waals surface area (Å²) in [6.45, 7) is 3.64. The summed E-state index contributed by atoms with van der Waals surface area (Å²) in [5.74, 6) is 8.03. The number of anilines is 1. The van der Waals surface area contributed by atoms with Gasteiger partial charge in [0.05, 0.1) is 0 Å². The normalized spacial score (nSPS) is 15.6. The molecule has 0 unspecified atom stereocenters. The Morgan fingerprint density at radius 3 is 2.83 bits per heavy atom. The second kappa shape index (κ2) is 6.06. The number of hydrogen-bond donors (Lipinski definition) is 2. The quantitative estimate of drug-likeness (QED) is 0.633. The Labute approximate surface area is 111 Å². The van der Waals surface area contributed by atoms with Crippen LogP contribution < -0.4 is 11.3 Å². The smallest absolute Gasteiger partial charge is 0.254 e. The molecular weight excluding hydrogens is 248 g/mol. The van der Waals surface area contributed by atoms with Crippen LogP contribution in [0.3, 0.4) is 0 Å². The van der Waals surface area contributed by atoms with E-state index < -0.39 is 0 Å². The van der Waals surface area contributed by atoms with Crippen molar-refractivity contribution in [2.75, 3.05) is 30.0 Å². The van der Waals surface area contributed by atoms with Crippen LogP contribution in [0.2, 0.25) is 0 Å². The summed E-state index contributed by atoms with van der Waals surface area (Å²) in [5.41, 5.74) is 4.06. The molecule has 0 atom stereocenters. The first-order valence-corrected chi connectivity index (χ1v) is 7.24. The third kappa shape index (κ3) is 2.94. The zero-order valence-corrected chi connectivity index (χ0v) is 11.3. The molecule has 1 aromatic rings. The molecule has 18 heavy (non-hydrogen) atoms. The number of thioether (sulfide) groups is 1.